The van der Waals surface area contributed by atoms with Crippen LogP contribution in [0.25, 0.3) is 0 Å². The zero-order valence-corrected chi connectivity index (χ0v) is 9.09. The molecular weight excluding hydrogens is 214 g/mol. The molecule has 0 aromatic heterocycles. The molecule has 1 rings (SSSR count). The zero-order chi connectivity index (χ0) is 12.0. The van der Waals surface area contributed by atoms with Crippen LogP contribution < -0.4 is 0 Å². The first kappa shape index (κ1) is 12.9. The third kappa shape index (κ3) is 4.59. The predicted molar refractivity (Wildman–Crippen MR) is 55.3 cm³/mol. The van der Waals surface area contributed by atoms with Gasteiger partial charge >= 0.3 is 11.9 Å². The van der Waals surface area contributed by atoms with Gasteiger partial charge in [-0.1, -0.05) is 0 Å². The van der Waals surface area contributed by atoms with Gasteiger partial charge in [-0.3, -0.25) is 14.5 Å². The number of hydrogen-bond acceptors (Lipinski definition) is 4. The van der Waals surface area contributed by atoms with Crippen molar-refractivity contribution in [1.29, 1.82) is 0 Å². The molecule has 0 saturated carbocycles. The fraction of sp³-hybridized carbons (Fsp3) is 0.800. The highest BCUT2D eigenvalue weighted by atomic mass is 16.5. The standard InChI is InChI=1S/C10H17NO5/c12-9(13)6-11(7-10(14)15)8-2-1-4-16-5-3-8/h8H,1-7H2,(H,12,13)(H,14,15). The average Bonchev–Trinajstić information content (AvgIpc) is 2.42. The molecule has 0 aromatic rings. The van der Waals surface area contributed by atoms with E-state index in [1.807, 2.05) is 0 Å². The molecule has 1 unspecified atom stereocenters. The van der Waals surface area contributed by atoms with E-state index in [1.54, 1.807) is 0 Å². The van der Waals surface area contributed by atoms with Gasteiger partial charge in [0.15, 0.2) is 0 Å². The van der Waals surface area contributed by atoms with Crippen molar-refractivity contribution in [1.82, 2.24) is 4.90 Å². The summed E-state index contributed by atoms with van der Waals surface area (Å²) in [6, 6.07) is -0.00491. The van der Waals surface area contributed by atoms with E-state index in [2.05, 4.69) is 0 Å². The van der Waals surface area contributed by atoms with Crippen molar-refractivity contribution >= 4 is 11.9 Å². The number of carbonyl (C=O) groups is 2. The van der Waals surface area contributed by atoms with Crippen LogP contribution in [0.3, 0.4) is 0 Å². The number of carboxylic acids is 2. The molecule has 0 aromatic carbocycles. The van der Waals surface area contributed by atoms with E-state index in [1.165, 1.54) is 4.90 Å². The summed E-state index contributed by atoms with van der Waals surface area (Å²) in [5.41, 5.74) is 0. The summed E-state index contributed by atoms with van der Waals surface area (Å²) in [5, 5.41) is 17.5. The van der Waals surface area contributed by atoms with Crippen LogP contribution in [0.5, 0.6) is 0 Å². The van der Waals surface area contributed by atoms with Crippen LogP contribution in [-0.4, -0.2) is 59.4 Å². The Morgan fingerprint density at radius 1 is 1.12 bits per heavy atom. The second-order valence-electron chi connectivity index (χ2n) is 3.89. The molecule has 16 heavy (non-hydrogen) atoms. The van der Waals surface area contributed by atoms with Crippen LogP contribution >= 0.6 is 0 Å². The second kappa shape index (κ2) is 6.44. The Kier molecular flexibility index (Phi) is 5.21. The van der Waals surface area contributed by atoms with Crippen LogP contribution in [0.2, 0.25) is 0 Å². The normalized spacial score (nSPS) is 21.7. The molecule has 0 spiro atoms. The van der Waals surface area contributed by atoms with Crippen molar-refractivity contribution in [2.75, 3.05) is 26.3 Å². The summed E-state index contributed by atoms with van der Waals surface area (Å²) in [7, 11) is 0. The van der Waals surface area contributed by atoms with Gasteiger partial charge in [0.1, 0.15) is 0 Å². The Labute approximate surface area is 93.8 Å². The van der Waals surface area contributed by atoms with Gasteiger partial charge in [-0.15, -0.1) is 0 Å². The molecule has 0 radical (unpaired) electrons. The highest BCUT2D eigenvalue weighted by Gasteiger charge is 2.24. The Morgan fingerprint density at radius 3 is 2.31 bits per heavy atom. The van der Waals surface area contributed by atoms with Crippen LogP contribution in [0, 0.1) is 0 Å². The summed E-state index contributed by atoms with van der Waals surface area (Å²) in [4.78, 5) is 22.8. The lowest BCUT2D eigenvalue weighted by molar-refractivity contribution is -0.143. The fourth-order valence-electron chi connectivity index (χ4n) is 1.91. The SMILES string of the molecule is O=C(O)CN(CC(=O)O)C1CCCOCC1. The first-order chi connectivity index (χ1) is 7.59. The van der Waals surface area contributed by atoms with E-state index in [9.17, 15) is 9.59 Å². The molecule has 0 amide bonds. The van der Waals surface area contributed by atoms with Gasteiger partial charge in [-0.25, -0.2) is 0 Å². The van der Waals surface area contributed by atoms with E-state index >= 15 is 0 Å². The summed E-state index contributed by atoms with van der Waals surface area (Å²) in [5.74, 6) is -1.99. The van der Waals surface area contributed by atoms with Crippen molar-refractivity contribution in [2.24, 2.45) is 0 Å². The second-order valence-corrected chi connectivity index (χ2v) is 3.89. The fourth-order valence-corrected chi connectivity index (χ4v) is 1.91. The van der Waals surface area contributed by atoms with Gasteiger partial charge in [-0.05, 0) is 19.3 Å². The zero-order valence-electron chi connectivity index (χ0n) is 9.09. The molecule has 1 heterocycles. The van der Waals surface area contributed by atoms with E-state index in [-0.39, 0.29) is 19.1 Å². The Balaban J connectivity index is 2.57. The highest BCUT2D eigenvalue weighted by molar-refractivity contribution is 5.72. The van der Waals surface area contributed by atoms with Crippen molar-refractivity contribution < 1.29 is 24.5 Å². The van der Waals surface area contributed by atoms with Gasteiger partial charge in [0.05, 0.1) is 13.1 Å². The molecule has 1 saturated heterocycles. The number of carboxylic acid groups (broad SMARTS) is 2. The van der Waals surface area contributed by atoms with Crippen molar-refractivity contribution in [3.63, 3.8) is 0 Å². The molecule has 6 nitrogen and oxygen atoms in total. The minimum absolute atomic E-state index is 0.00491. The molecule has 0 aliphatic carbocycles. The van der Waals surface area contributed by atoms with Gasteiger partial charge in [-0.2, -0.15) is 0 Å². The summed E-state index contributed by atoms with van der Waals surface area (Å²) in [6.07, 6.45) is 2.33. The molecule has 92 valence electrons. The van der Waals surface area contributed by atoms with Crippen molar-refractivity contribution in [3.8, 4) is 0 Å². The molecule has 2 N–H and O–H groups in total. The van der Waals surface area contributed by atoms with Crippen LogP contribution in [0.15, 0.2) is 0 Å². The Bertz CT molecular complexity index is 232. The van der Waals surface area contributed by atoms with Gasteiger partial charge in [0.2, 0.25) is 0 Å². The van der Waals surface area contributed by atoms with Crippen LogP contribution in [0.4, 0.5) is 0 Å². The number of nitrogens with zero attached hydrogens (tertiary/aromatic N) is 1. The van der Waals surface area contributed by atoms with E-state index in [0.29, 0.717) is 19.6 Å². The van der Waals surface area contributed by atoms with Crippen LogP contribution in [0.1, 0.15) is 19.3 Å². The lowest BCUT2D eigenvalue weighted by atomic mass is 10.1. The minimum Gasteiger partial charge on any atom is -0.480 e. The Morgan fingerprint density at radius 2 is 1.75 bits per heavy atom. The van der Waals surface area contributed by atoms with Crippen LogP contribution in [-0.2, 0) is 14.3 Å². The van der Waals surface area contributed by atoms with Gasteiger partial charge < -0.3 is 14.9 Å². The topological polar surface area (TPSA) is 87.1 Å². The number of rotatable bonds is 5. The van der Waals surface area contributed by atoms with E-state index < -0.39 is 11.9 Å². The van der Waals surface area contributed by atoms with Crippen molar-refractivity contribution in [2.45, 2.75) is 25.3 Å². The predicted octanol–water partition coefficient (Wildman–Crippen LogP) is 0.0267. The maximum Gasteiger partial charge on any atom is 0.317 e. The monoisotopic (exact) mass is 231 g/mol. The molecule has 6 heteroatoms. The van der Waals surface area contributed by atoms with Gasteiger partial charge in [0.25, 0.3) is 0 Å². The maximum absolute atomic E-state index is 10.7. The average molecular weight is 231 g/mol. The van der Waals surface area contributed by atoms with E-state index in [0.717, 1.165) is 12.8 Å². The summed E-state index contributed by atoms with van der Waals surface area (Å²) in [6.45, 7) is 0.790. The highest BCUT2D eigenvalue weighted by Crippen LogP contribution is 2.14. The third-order valence-electron chi connectivity index (χ3n) is 2.61. The first-order valence-electron chi connectivity index (χ1n) is 5.35. The van der Waals surface area contributed by atoms with Crippen molar-refractivity contribution in [3.05, 3.63) is 0 Å². The molecule has 1 aliphatic heterocycles. The Hall–Kier alpha value is -1.14. The quantitative estimate of drug-likeness (QED) is 0.694. The molecular formula is C10H17NO5. The number of ether oxygens (including phenoxy) is 1. The first-order valence-corrected chi connectivity index (χ1v) is 5.35. The lowest BCUT2D eigenvalue weighted by Crippen LogP contribution is -2.42. The smallest absolute Gasteiger partial charge is 0.317 e. The summed E-state index contributed by atoms with van der Waals surface area (Å²) < 4.78 is 5.26. The van der Waals surface area contributed by atoms with E-state index in [4.69, 9.17) is 14.9 Å². The maximum atomic E-state index is 10.7. The molecule has 1 atom stereocenters. The molecule has 1 fully saturated rings. The third-order valence-corrected chi connectivity index (χ3v) is 2.61. The molecule has 1 aliphatic rings. The largest absolute Gasteiger partial charge is 0.480 e. The lowest BCUT2D eigenvalue weighted by Gasteiger charge is -2.27. The van der Waals surface area contributed by atoms with Gasteiger partial charge in [0, 0.05) is 19.3 Å². The minimum atomic E-state index is -0.994. The number of hydrogen-bond donors (Lipinski definition) is 2. The summed E-state index contributed by atoms with van der Waals surface area (Å²) >= 11 is 0. The number of aliphatic carboxylic acids is 2. The molecule has 0 bridgehead atoms.